The molecule has 0 atom stereocenters. The van der Waals surface area contributed by atoms with Gasteiger partial charge in [-0.3, -0.25) is 9.69 Å². The number of ether oxygens (including phenoxy) is 1. The van der Waals surface area contributed by atoms with Crippen LogP contribution in [0.1, 0.15) is 24.8 Å². The highest BCUT2D eigenvalue weighted by Gasteiger charge is 2.32. The van der Waals surface area contributed by atoms with Crippen molar-refractivity contribution in [2.75, 3.05) is 19.7 Å². The van der Waals surface area contributed by atoms with Crippen LogP contribution < -0.4 is 4.74 Å². The van der Waals surface area contributed by atoms with Gasteiger partial charge in [0.2, 0.25) is 0 Å². The molecule has 1 aromatic heterocycles. The number of furan rings is 1. The molecule has 2 fully saturated rings. The van der Waals surface area contributed by atoms with Crippen LogP contribution in [0.25, 0.3) is 22.3 Å². The van der Waals surface area contributed by atoms with Crippen LogP contribution in [-0.4, -0.2) is 35.7 Å². The zero-order valence-electron chi connectivity index (χ0n) is 16.6. The van der Waals surface area contributed by atoms with Crippen LogP contribution in [0.2, 0.25) is 0 Å². The van der Waals surface area contributed by atoms with Crippen molar-refractivity contribution in [3.05, 3.63) is 53.8 Å². The Kier molecular flexibility index (Phi) is 4.95. The van der Waals surface area contributed by atoms with Gasteiger partial charge in [0.15, 0.2) is 0 Å². The molecule has 2 aliphatic rings. The van der Waals surface area contributed by atoms with Gasteiger partial charge in [-0.05, 0) is 60.7 Å². The lowest BCUT2D eigenvalue weighted by Gasteiger charge is -2.36. The van der Waals surface area contributed by atoms with E-state index in [1.54, 1.807) is 6.07 Å². The Balaban J connectivity index is 1.29. The Hall–Kier alpha value is -2.86. The SMILES string of the molecule is O=C(O)C1CN(Cc2ccc(-c3cc4cc(OCC5CCC5)ccc4o3)c(F)c2)C1. The summed E-state index contributed by atoms with van der Waals surface area (Å²) < 4.78 is 26.5. The molecule has 0 radical (unpaired) electrons. The number of nitrogens with zero attached hydrogens (tertiary/aromatic N) is 1. The Labute approximate surface area is 174 Å². The van der Waals surface area contributed by atoms with Crippen LogP contribution in [0.15, 0.2) is 46.9 Å². The summed E-state index contributed by atoms with van der Waals surface area (Å²) in [6, 6.07) is 12.6. The van der Waals surface area contributed by atoms with Gasteiger partial charge in [-0.15, -0.1) is 0 Å². The highest BCUT2D eigenvalue weighted by molar-refractivity contribution is 5.84. The van der Waals surface area contributed by atoms with Gasteiger partial charge in [0.25, 0.3) is 0 Å². The minimum Gasteiger partial charge on any atom is -0.493 e. The molecule has 5 rings (SSSR count). The molecule has 0 spiro atoms. The second-order valence-corrected chi connectivity index (χ2v) is 8.46. The molecule has 0 unspecified atom stereocenters. The largest absolute Gasteiger partial charge is 0.493 e. The first-order valence-electron chi connectivity index (χ1n) is 10.5. The van der Waals surface area contributed by atoms with Gasteiger partial charge >= 0.3 is 5.97 Å². The third kappa shape index (κ3) is 3.79. The fraction of sp³-hybridized carbons (Fsp3) is 0.375. The van der Waals surface area contributed by atoms with Gasteiger partial charge in [0.05, 0.1) is 18.1 Å². The number of rotatable bonds is 7. The quantitative estimate of drug-likeness (QED) is 0.599. The predicted octanol–water partition coefficient (Wildman–Crippen LogP) is 4.93. The maximum atomic E-state index is 14.8. The van der Waals surface area contributed by atoms with Gasteiger partial charge in [-0.2, -0.15) is 0 Å². The lowest BCUT2D eigenvalue weighted by atomic mass is 9.86. The second-order valence-electron chi connectivity index (χ2n) is 8.46. The van der Waals surface area contributed by atoms with Crippen molar-refractivity contribution >= 4 is 16.9 Å². The summed E-state index contributed by atoms with van der Waals surface area (Å²) in [5.74, 6) is 0.538. The summed E-state index contributed by atoms with van der Waals surface area (Å²) in [7, 11) is 0. The molecule has 3 aromatic rings. The van der Waals surface area contributed by atoms with Gasteiger partial charge in [-0.25, -0.2) is 4.39 Å². The fourth-order valence-corrected chi connectivity index (χ4v) is 4.09. The number of likely N-dealkylation sites (tertiary alicyclic amines) is 1. The molecule has 30 heavy (non-hydrogen) atoms. The normalized spacial score (nSPS) is 17.6. The van der Waals surface area contributed by atoms with Crippen molar-refractivity contribution in [2.45, 2.75) is 25.8 Å². The third-order valence-electron chi connectivity index (χ3n) is 6.21. The van der Waals surface area contributed by atoms with Crippen molar-refractivity contribution in [1.82, 2.24) is 4.90 Å². The molecular weight excluding hydrogens is 385 g/mol. The molecule has 1 saturated heterocycles. The zero-order chi connectivity index (χ0) is 20.7. The molecule has 1 saturated carbocycles. The molecule has 1 aliphatic heterocycles. The molecule has 1 N–H and O–H groups in total. The lowest BCUT2D eigenvalue weighted by Crippen LogP contribution is -2.49. The molecular formula is C24H24FNO4. The minimum absolute atomic E-state index is 0.313. The average molecular weight is 409 g/mol. The molecule has 156 valence electrons. The van der Waals surface area contributed by atoms with E-state index in [4.69, 9.17) is 14.3 Å². The first-order chi connectivity index (χ1) is 14.5. The number of hydrogen-bond acceptors (Lipinski definition) is 4. The van der Waals surface area contributed by atoms with E-state index in [1.165, 1.54) is 25.3 Å². The lowest BCUT2D eigenvalue weighted by molar-refractivity contribution is -0.147. The van der Waals surface area contributed by atoms with E-state index in [-0.39, 0.29) is 11.7 Å². The van der Waals surface area contributed by atoms with Crippen LogP contribution in [0, 0.1) is 17.7 Å². The monoisotopic (exact) mass is 409 g/mol. The summed E-state index contributed by atoms with van der Waals surface area (Å²) >= 11 is 0. The van der Waals surface area contributed by atoms with Gasteiger partial charge in [0.1, 0.15) is 22.9 Å². The molecule has 2 heterocycles. The molecule has 5 nitrogen and oxygen atoms in total. The van der Waals surface area contributed by atoms with Crippen LogP contribution >= 0.6 is 0 Å². The van der Waals surface area contributed by atoms with Crippen molar-refractivity contribution in [3.8, 4) is 17.1 Å². The zero-order valence-corrected chi connectivity index (χ0v) is 16.6. The van der Waals surface area contributed by atoms with Gasteiger partial charge in [-0.1, -0.05) is 12.5 Å². The Bertz CT molecular complexity index is 1080. The molecule has 0 bridgehead atoms. The van der Waals surface area contributed by atoms with Crippen LogP contribution in [-0.2, 0) is 11.3 Å². The Morgan fingerprint density at radius 1 is 1.17 bits per heavy atom. The summed E-state index contributed by atoms with van der Waals surface area (Å²) in [4.78, 5) is 12.9. The standard InChI is InChI=1S/C24H24FNO4/c25-21-8-16(11-26-12-18(13-26)24(27)28)4-6-20(21)23-10-17-9-19(5-7-22(17)30-23)29-14-15-2-1-3-15/h4-10,15,18H,1-3,11-14H2,(H,27,28). The first-order valence-corrected chi connectivity index (χ1v) is 10.5. The number of carboxylic acid groups (broad SMARTS) is 1. The van der Waals surface area contributed by atoms with Crippen molar-refractivity contribution < 1.29 is 23.4 Å². The van der Waals surface area contributed by atoms with Crippen molar-refractivity contribution in [1.29, 1.82) is 0 Å². The Morgan fingerprint density at radius 2 is 2.00 bits per heavy atom. The number of halogens is 1. The van der Waals surface area contributed by atoms with E-state index in [1.807, 2.05) is 35.2 Å². The maximum Gasteiger partial charge on any atom is 0.309 e. The van der Waals surface area contributed by atoms with Crippen LogP contribution in [0.3, 0.4) is 0 Å². The smallest absolute Gasteiger partial charge is 0.309 e. The fourth-order valence-electron chi connectivity index (χ4n) is 4.09. The number of aliphatic carboxylic acids is 1. The van der Waals surface area contributed by atoms with Crippen LogP contribution in [0.5, 0.6) is 5.75 Å². The molecule has 2 aromatic carbocycles. The summed E-state index contributed by atoms with van der Waals surface area (Å²) in [6.07, 6.45) is 3.78. The van der Waals surface area contributed by atoms with E-state index >= 15 is 0 Å². The average Bonchev–Trinajstić information content (AvgIpc) is 3.05. The van der Waals surface area contributed by atoms with E-state index in [0.717, 1.165) is 23.3 Å². The second kappa shape index (κ2) is 7.76. The molecule has 0 amide bonds. The van der Waals surface area contributed by atoms with E-state index in [0.29, 0.717) is 42.5 Å². The summed E-state index contributed by atoms with van der Waals surface area (Å²) in [6.45, 7) is 2.31. The van der Waals surface area contributed by atoms with Crippen molar-refractivity contribution in [2.24, 2.45) is 11.8 Å². The van der Waals surface area contributed by atoms with Crippen LogP contribution in [0.4, 0.5) is 4.39 Å². The molecule has 6 heteroatoms. The van der Waals surface area contributed by atoms with Gasteiger partial charge in [0, 0.05) is 25.0 Å². The van der Waals surface area contributed by atoms with Gasteiger partial charge < -0.3 is 14.3 Å². The minimum atomic E-state index is -0.769. The number of carbonyl (C=O) groups is 1. The maximum absolute atomic E-state index is 14.8. The number of hydrogen-bond donors (Lipinski definition) is 1. The van der Waals surface area contributed by atoms with E-state index in [9.17, 15) is 9.18 Å². The number of fused-ring (bicyclic) bond motifs is 1. The third-order valence-corrected chi connectivity index (χ3v) is 6.21. The molecule has 1 aliphatic carbocycles. The number of carboxylic acids is 1. The van der Waals surface area contributed by atoms with E-state index < -0.39 is 5.97 Å². The highest BCUT2D eigenvalue weighted by Crippen LogP contribution is 2.33. The Morgan fingerprint density at radius 3 is 2.70 bits per heavy atom. The highest BCUT2D eigenvalue weighted by atomic mass is 19.1. The summed E-state index contributed by atoms with van der Waals surface area (Å²) in [5.41, 5.74) is 1.94. The van der Waals surface area contributed by atoms with Crippen molar-refractivity contribution in [3.63, 3.8) is 0 Å². The number of benzene rings is 2. The summed E-state index contributed by atoms with van der Waals surface area (Å²) in [5, 5.41) is 9.85. The van der Waals surface area contributed by atoms with E-state index in [2.05, 4.69) is 0 Å². The topological polar surface area (TPSA) is 62.9 Å². The first kappa shape index (κ1) is 19.1. The predicted molar refractivity (Wildman–Crippen MR) is 111 cm³/mol.